The molecule has 2 aromatic heterocycles. The summed E-state index contributed by atoms with van der Waals surface area (Å²) in [4.78, 5) is 17.3. The molecule has 2 aromatic rings. The second-order valence-corrected chi connectivity index (χ2v) is 5.91. The highest BCUT2D eigenvalue weighted by atomic mass is 79.9. The van der Waals surface area contributed by atoms with Gasteiger partial charge in [-0.2, -0.15) is 9.97 Å². The number of anilines is 1. The van der Waals surface area contributed by atoms with Gasteiger partial charge in [-0.15, -0.1) is 0 Å². The van der Waals surface area contributed by atoms with E-state index in [4.69, 9.17) is 10.5 Å². The maximum Gasteiger partial charge on any atom is 0.247 e. The Morgan fingerprint density at radius 2 is 1.79 bits per heavy atom. The Bertz CT molecular complexity index is 615. The van der Waals surface area contributed by atoms with Crippen molar-refractivity contribution in [2.75, 3.05) is 5.73 Å². The summed E-state index contributed by atoms with van der Waals surface area (Å²) in [5.74, 6) is 0.510. The molecule has 0 aliphatic carbocycles. The number of halogens is 1. The van der Waals surface area contributed by atoms with Gasteiger partial charge < -0.3 is 10.5 Å². The van der Waals surface area contributed by atoms with E-state index in [1.165, 1.54) is 0 Å². The third-order valence-corrected chi connectivity index (χ3v) is 2.89. The van der Waals surface area contributed by atoms with Crippen molar-refractivity contribution in [3.63, 3.8) is 0 Å². The zero-order chi connectivity index (χ0) is 14.2. The fourth-order valence-electron chi connectivity index (χ4n) is 1.71. The van der Waals surface area contributed by atoms with Crippen LogP contribution < -0.4 is 10.5 Å². The van der Waals surface area contributed by atoms with Crippen LogP contribution in [0.1, 0.15) is 37.0 Å². The van der Waals surface area contributed by atoms with Crippen LogP contribution in [-0.4, -0.2) is 26.0 Å². The van der Waals surface area contributed by atoms with E-state index in [1.54, 1.807) is 0 Å². The number of aromatic nitrogens is 4. The predicted molar refractivity (Wildman–Crippen MR) is 77.4 cm³/mol. The molecule has 0 spiro atoms. The molecule has 6 nitrogen and oxygen atoms in total. The van der Waals surface area contributed by atoms with Crippen LogP contribution in [0.25, 0.3) is 11.2 Å². The fraction of sp³-hybridized carbons (Fsp3) is 0.500. The Balaban J connectivity index is 2.70. The molecule has 0 saturated heterocycles. The molecule has 1 atom stereocenters. The number of hydrogen-bond donors (Lipinski definition) is 1. The molecule has 0 saturated carbocycles. The Kier molecular flexibility index (Phi) is 3.84. The molecular weight excluding hydrogens is 310 g/mol. The largest absolute Gasteiger partial charge is 0.473 e. The molecule has 0 amide bonds. The molecule has 0 radical (unpaired) electrons. The topological polar surface area (TPSA) is 86.8 Å². The average Bonchev–Trinajstić information content (AvgIpc) is 2.26. The number of rotatable bonds is 3. The lowest BCUT2D eigenvalue weighted by molar-refractivity contribution is 0.235. The lowest BCUT2D eigenvalue weighted by Crippen LogP contribution is -2.11. The minimum atomic E-state index is -0.0227. The van der Waals surface area contributed by atoms with Gasteiger partial charge in [0.05, 0.1) is 22.3 Å². The number of ether oxygens (including phenoxy) is 1. The fourth-order valence-corrected chi connectivity index (χ4v) is 2.15. The van der Waals surface area contributed by atoms with Crippen LogP contribution in [0.2, 0.25) is 0 Å². The molecule has 19 heavy (non-hydrogen) atoms. The minimum Gasteiger partial charge on any atom is -0.473 e. The van der Waals surface area contributed by atoms with Crippen molar-refractivity contribution in [2.24, 2.45) is 0 Å². The number of fused-ring (bicyclic) bond motifs is 1. The molecule has 0 fully saturated rings. The third-order valence-electron chi connectivity index (χ3n) is 2.45. The van der Waals surface area contributed by atoms with Crippen molar-refractivity contribution in [1.82, 2.24) is 19.9 Å². The molecule has 102 valence electrons. The lowest BCUT2D eigenvalue weighted by Gasteiger charge is -2.13. The molecule has 0 aromatic carbocycles. The maximum absolute atomic E-state index is 5.67. The smallest absolute Gasteiger partial charge is 0.247 e. The van der Waals surface area contributed by atoms with E-state index in [0.717, 1.165) is 11.4 Å². The third kappa shape index (κ3) is 2.91. The molecule has 7 heteroatoms. The van der Waals surface area contributed by atoms with E-state index in [0.29, 0.717) is 17.0 Å². The molecule has 0 bridgehead atoms. The van der Waals surface area contributed by atoms with Crippen LogP contribution >= 0.6 is 15.9 Å². The summed E-state index contributed by atoms with van der Waals surface area (Å²) in [5.41, 5.74) is 8.31. The molecule has 2 N–H and O–H groups in total. The Labute approximate surface area is 120 Å². The number of alkyl halides is 1. The number of aryl methyl sites for hydroxylation is 1. The predicted octanol–water partition coefficient (Wildman–Crippen LogP) is 2.55. The zero-order valence-electron chi connectivity index (χ0n) is 11.3. The van der Waals surface area contributed by atoms with Crippen LogP contribution in [0.15, 0.2) is 0 Å². The van der Waals surface area contributed by atoms with E-state index in [9.17, 15) is 0 Å². The van der Waals surface area contributed by atoms with Gasteiger partial charge in [-0.25, -0.2) is 9.97 Å². The van der Waals surface area contributed by atoms with Crippen molar-refractivity contribution in [3.05, 3.63) is 11.4 Å². The van der Waals surface area contributed by atoms with Gasteiger partial charge in [0.1, 0.15) is 0 Å². The SMILES string of the molecule is Cc1nc2nc(N)nc(OC(C)C)c2nc1C(C)Br. The minimum absolute atomic E-state index is 0.0227. The van der Waals surface area contributed by atoms with Gasteiger partial charge in [-0.1, -0.05) is 15.9 Å². The van der Waals surface area contributed by atoms with Gasteiger partial charge in [-0.3, -0.25) is 0 Å². The van der Waals surface area contributed by atoms with E-state index in [-0.39, 0.29) is 16.9 Å². The van der Waals surface area contributed by atoms with Gasteiger partial charge in [0.15, 0.2) is 11.2 Å². The van der Waals surface area contributed by atoms with Gasteiger partial charge in [0.2, 0.25) is 11.8 Å². The van der Waals surface area contributed by atoms with Gasteiger partial charge in [-0.05, 0) is 27.7 Å². The second kappa shape index (κ2) is 5.24. The standard InChI is InChI=1S/C12H16BrN5O/c1-5(2)19-11-9-10(17-12(14)18-11)15-7(4)8(16-9)6(3)13/h5-6H,1-4H3,(H2,14,15,17,18). The average molecular weight is 326 g/mol. The van der Waals surface area contributed by atoms with Crippen molar-refractivity contribution < 1.29 is 4.74 Å². The summed E-state index contributed by atoms with van der Waals surface area (Å²) in [6, 6.07) is 0. The Morgan fingerprint density at radius 1 is 1.11 bits per heavy atom. The first kappa shape index (κ1) is 13.9. The summed E-state index contributed by atoms with van der Waals surface area (Å²) >= 11 is 3.50. The molecular formula is C12H16BrN5O. The van der Waals surface area contributed by atoms with Crippen molar-refractivity contribution in [1.29, 1.82) is 0 Å². The summed E-state index contributed by atoms with van der Waals surface area (Å²) in [6.07, 6.45) is -0.0227. The molecule has 0 aliphatic heterocycles. The van der Waals surface area contributed by atoms with Crippen LogP contribution in [0, 0.1) is 6.92 Å². The maximum atomic E-state index is 5.67. The van der Waals surface area contributed by atoms with Gasteiger partial charge >= 0.3 is 0 Å². The highest BCUT2D eigenvalue weighted by molar-refractivity contribution is 9.09. The van der Waals surface area contributed by atoms with Crippen LogP contribution in [-0.2, 0) is 0 Å². The van der Waals surface area contributed by atoms with Gasteiger partial charge in [0, 0.05) is 0 Å². The zero-order valence-corrected chi connectivity index (χ0v) is 12.9. The molecule has 0 aliphatic rings. The first-order chi connectivity index (χ1) is 8.88. The first-order valence-corrected chi connectivity index (χ1v) is 6.92. The number of nitrogens with two attached hydrogens (primary N) is 1. The number of hydrogen-bond acceptors (Lipinski definition) is 6. The lowest BCUT2D eigenvalue weighted by atomic mass is 10.2. The molecule has 2 heterocycles. The summed E-state index contributed by atoms with van der Waals surface area (Å²) < 4.78 is 5.63. The highest BCUT2D eigenvalue weighted by Crippen LogP contribution is 2.27. The van der Waals surface area contributed by atoms with E-state index in [1.807, 2.05) is 27.7 Å². The van der Waals surface area contributed by atoms with Crippen LogP contribution in [0.3, 0.4) is 0 Å². The van der Waals surface area contributed by atoms with Crippen LogP contribution in [0.5, 0.6) is 5.88 Å². The van der Waals surface area contributed by atoms with Gasteiger partial charge in [0.25, 0.3) is 0 Å². The molecule has 2 rings (SSSR count). The number of nitrogen functional groups attached to an aromatic ring is 1. The molecule has 1 unspecified atom stereocenters. The Hall–Kier alpha value is -1.50. The summed E-state index contributed by atoms with van der Waals surface area (Å²) in [7, 11) is 0. The quantitative estimate of drug-likeness (QED) is 0.872. The summed E-state index contributed by atoms with van der Waals surface area (Å²) in [6.45, 7) is 7.71. The van der Waals surface area contributed by atoms with E-state index >= 15 is 0 Å². The van der Waals surface area contributed by atoms with Crippen molar-refractivity contribution in [3.8, 4) is 5.88 Å². The van der Waals surface area contributed by atoms with Crippen molar-refractivity contribution >= 4 is 33.0 Å². The Morgan fingerprint density at radius 3 is 2.37 bits per heavy atom. The highest BCUT2D eigenvalue weighted by Gasteiger charge is 2.16. The first-order valence-electron chi connectivity index (χ1n) is 6.01. The summed E-state index contributed by atoms with van der Waals surface area (Å²) in [5, 5.41) is 0. The second-order valence-electron chi connectivity index (χ2n) is 4.54. The van der Waals surface area contributed by atoms with Crippen LogP contribution in [0.4, 0.5) is 5.95 Å². The normalized spacial score (nSPS) is 12.9. The van der Waals surface area contributed by atoms with E-state index in [2.05, 4.69) is 35.9 Å². The van der Waals surface area contributed by atoms with E-state index < -0.39 is 0 Å². The number of nitrogens with zero attached hydrogens (tertiary/aromatic N) is 4. The monoisotopic (exact) mass is 325 g/mol. The van der Waals surface area contributed by atoms with Crippen molar-refractivity contribution in [2.45, 2.75) is 38.6 Å².